The lowest BCUT2D eigenvalue weighted by Gasteiger charge is -1.95. The standard InChI is InChI=1S/C8H8ClNO3/c1-3-4-5-7(8(9)11)6(2)10(12)13/h3-5H,2H2,1H3/b4-3-,7-5+. The van der Waals surface area contributed by atoms with Crippen molar-refractivity contribution in [2.45, 2.75) is 6.92 Å². The van der Waals surface area contributed by atoms with Crippen molar-refractivity contribution in [2.75, 3.05) is 0 Å². The minimum Gasteiger partial charge on any atom is -0.275 e. The van der Waals surface area contributed by atoms with Gasteiger partial charge < -0.3 is 0 Å². The van der Waals surface area contributed by atoms with Crippen LogP contribution >= 0.6 is 11.6 Å². The van der Waals surface area contributed by atoms with Crippen molar-refractivity contribution in [1.82, 2.24) is 0 Å². The molecule has 0 spiro atoms. The average Bonchev–Trinajstić information content (AvgIpc) is 2.04. The minimum atomic E-state index is -0.889. The zero-order valence-electron chi connectivity index (χ0n) is 6.99. The summed E-state index contributed by atoms with van der Waals surface area (Å²) in [4.78, 5) is 20.2. The third-order valence-corrected chi connectivity index (χ3v) is 1.40. The van der Waals surface area contributed by atoms with Crippen LogP contribution in [0, 0.1) is 10.1 Å². The van der Waals surface area contributed by atoms with Gasteiger partial charge >= 0.3 is 0 Å². The molecule has 0 fully saturated rings. The first-order valence-electron chi connectivity index (χ1n) is 3.37. The number of hydrogen-bond acceptors (Lipinski definition) is 3. The van der Waals surface area contributed by atoms with Gasteiger partial charge in [-0.05, 0) is 31.2 Å². The van der Waals surface area contributed by atoms with Crippen molar-refractivity contribution < 1.29 is 9.72 Å². The van der Waals surface area contributed by atoms with Crippen LogP contribution in [0.1, 0.15) is 6.92 Å². The highest BCUT2D eigenvalue weighted by Gasteiger charge is 2.18. The molecule has 0 unspecified atom stereocenters. The molecule has 0 aromatic carbocycles. The lowest BCUT2D eigenvalue weighted by atomic mass is 10.2. The lowest BCUT2D eigenvalue weighted by molar-refractivity contribution is -0.419. The predicted octanol–water partition coefficient (Wildman–Crippen LogP) is 2.04. The van der Waals surface area contributed by atoms with Crippen molar-refractivity contribution in [1.29, 1.82) is 0 Å². The summed E-state index contributed by atoms with van der Waals surface area (Å²) in [5.41, 5.74) is -0.706. The molecule has 4 nitrogen and oxygen atoms in total. The quantitative estimate of drug-likeness (QED) is 0.230. The average molecular weight is 202 g/mol. The molecule has 0 aliphatic heterocycles. The summed E-state index contributed by atoms with van der Waals surface area (Å²) in [7, 11) is 0. The van der Waals surface area contributed by atoms with Crippen LogP contribution < -0.4 is 0 Å². The Bertz CT molecular complexity index is 305. The summed E-state index contributed by atoms with van der Waals surface area (Å²) in [6.07, 6.45) is 4.35. The Balaban J connectivity index is 4.93. The van der Waals surface area contributed by atoms with Crippen molar-refractivity contribution in [3.63, 3.8) is 0 Å². The van der Waals surface area contributed by atoms with Gasteiger partial charge in [-0.15, -0.1) is 0 Å². The van der Waals surface area contributed by atoms with Crippen LogP contribution in [0.2, 0.25) is 0 Å². The summed E-state index contributed by atoms with van der Waals surface area (Å²) >= 11 is 5.11. The van der Waals surface area contributed by atoms with Gasteiger partial charge in [0.25, 0.3) is 10.9 Å². The molecule has 0 heterocycles. The second kappa shape index (κ2) is 5.27. The smallest absolute Gasteiger partial charge is 0.274 e. The summed E-state index contributed by atoms with van der Waals surface area (Å²) < 4.78 is 0. The number of allylic oxidation sites excluding steroid dienone is 4. The lowest BCUT2D eigenvalue weighted by Crippen LogP contribution is -2.05. The molecule has 0 saturated carbocycles. The summed E-state index contributed by atoms with van der Waals surface area (Å²) in [6, 6.07) is 0. The predicted molar refractivity (Wildman–Crippen MR) is 49.9 cm³/mol. The van der Waals surface area contributed by atoms with Gasteiger partial charge in [0.15, 0.2) is 0 Å². The van der Waals surface area contributed by atoms with Gasteiger partial charge in [0.1, 0.15) is 5.57 Å². The Hall–Kier alpha value is -1.42. The molecule has 5 heteroatoms. The Morgan fingerprint density at radius 2 is 2.15 bits per heavy atom. The Labute approximate surface area is 80.3 Å². The fourth-order valence-electron chi connectivity index (χ4n) is 0.566. The van der Waals surface area contributed by atoms with Crippen LogP contribution in [-0.2, 0) is 4.79 Å². The number of carbonyl (C=O) groups excluding carboxylic acids is 1. The van der Waals surface area contributed by atoms with E-state index in [4.69, 9.17) is 11.6 Å². The number of nitrogens with zero attached hydrogens (tertiary/aromatic N) is 1. The van der Waals surface area contributed by atoms with Crippen molar-refractivity contribution in [2.24, 2.45) is 0 Å². The molecular formula is C8H8ClNO3. The van der Waals surface area contributed by atoms with Gasteiger partial charge in [0, 0.05) is 0 Å². The fourth-order valence-corrected chi connectivity index (χ4v) is 0.738. The highest BCUT2D eigenvalue weighted by Crippen LogP contribution is 2.11. The van der Waals surface area contributed by atoms with E-state index in [9.17, 15) is 14.9 Å². The first-order chi connectivity index (χ1) is 6.00. The zero-order valence-corrected chi connectivity index (χ0v) is 7.75. The van der Waals surface area contributed by atoms with Crippen molar-refractivity contribution in [3.05, 3.63) is 46.2 Å². The minimum absolute atomic E-state index is 0.204. The molecule has 0 aliphatic rings. The number of rotatable bonds is 4. The van der Waals surface area contributed by atoms with E-state index in [1.54, 1.807) is 13.0 Å². The van der Waals surface area contributed by atoms with Crippen LogP contribution in [0.15, 0.2) is 36.1 Å². The van der Waals surface area contributed by atoms with E-state index >= 15 is 0 Å². The monoisotopic (exact) mass is 201 g/mol. The Kier molecular flexibility index (Phi) is 4.69. The maximum absolute atomic E-state index is 10.7. The topological polar surface area (TPSA) is 60.2 Å². The fraction of sp³-hybridized carbons (Fsp3) is 0.125. The van der Waals surface area contributed by atoms with Gasteiger partial charge in [-0.3, -0.25) is 14.9 Å². The summed E-state index contributed by atoms with van der Waals surface area (Å²) in [5.74, 6) is 0. The molecule has 0 aromatic rings. The van der Waals surface area contributed by atoms with Gasteiger partial charge in [-0.25, -0.2) is 0 Å². The highest BCUT2D eigenvalue weighted by atomic mass is 35.5. The number of carbonyl (C=O) groups is 1. The molecule has 0 N–H and O–H groups in total. The van der Waals surface area contributed by atoms with E-state index < -0.39 is 15.9 Å². The molecule has 0 aliphatic carbocycles. The van der Waals surface area contributed by atoms with Gasteiger partial charge in [-0.2, -0.15) is 0 Å². The van der Waals surface area contributed by atoms with E-state index in [2.05, 4.69) is 6.58 Å². The van der Waals surface area contributed by atoms with E-state index in [0.29, 0.717) is 0 Å². The molecule has 0 saturated heterocycles. The van der Waals surface area contributed by atoms with E-state index in [-0.39, 0.29) is 5.57 Å². The second-order valence-corrected chi connectivity index (χ2v) is 2.43. The zero-order chi connectivity index (χ0) is 10.4. The summed E-state index contributed by atoms with van der Waals surface area (Å²) in [6.45, 7) is 4.83. The maximum Gasteiger partial charge on any atom is 0.274 e. The Morgan fingerprint density at radius 1 is 1.62 bits per heavy atom. The first-order valence-corrected chi connectivity index (χ1v) is 3.75. The Morgan fingerprint density at radius 3 is 2.46 bits per heavy atom. The number of nitro groups is 1. The van der Waals surface area contributed by atoms with Crippen LogP contribution in [0.5, 0.6) is 0 Å². The highest BCUT2D eigenvalue weighted by molar-refractivity contribution is 6.68. The molecule has 0 radical (unpaired) electrons. The molecule has 70 valence electrons. The summed E-state index contributed by atoms with van der Waals surface area (Å²) in [5, 5.41) is 9.35. The largest absolute Gasteiger partial charge is 0.275 e. The first kappa shape index (κ1) is 11.6. The molecular weight excluding hydrogens is 194 g/mol. The van der Waals surface area contributed by atoms with Crippen molar-refractivity contribution in [3.8, 4) is 0 Å². The van der Waals surface area contributed by atoms with Crippen LogP contribution in [0.3, 0.4) is 0 Å². The van der Waals surface area contributed by atoms with Crippen molar-refractivity contribution >= 4 is 16.8 Å². The third kappa shape index (κ3) is 3.66. The molecule has 13 heavy (non-hydrogen) atoms. The van der Waals surface area contributed by atoms with Gasteiger partial charge in [-0.1, -0.05) is 12.2 Å². The van der Waals surface area contributed by atoms with Crippen LogP contribution in [-0.4, -0.2) is 10.2 Å². The molecule has 0 atom stereocenters. The second-order valence-electron chi connectivity index (χ2n) is 2.08. The van der Waals surface area contributed by atoms with E-state index in [1.165, 1.54) is 12.2 Å². The van der Waals surface area contributed by atoms with Gasteiger partial charge in [0.05, 0.1) is 4.92 Å². The SMILES string of the molecule is C=C(/C(=C\C=C/C)C(=O)Cl)[N+](=O)[O-]. The molecule has 0 rings (SSSR count). The third-order valence-electron chi connectivity index (χ3n) is 1.20. The van der Waals surface area contributed by atoms with Gasteiger partial charge in [0.2, 0.25) is 0 Å². The molecule has 0 amide bonds. The van der Waals surface area contributed by atoms with E-state index in [1.807, 2.05) is 0 Å². The molecule has 0 bridgehead atoms. The molecule has 0 aromatic heterocycles. The maximum atomic E-state index is 10.7. The van der Waals surface area contributed by atoms with Crippen LogP contribution in [0.25, 0.3) is 0 Å². The number of hydrogen-bond donors (Lipinski definition) is 0. The van der Waals surface area contributed by atoms with Crippen LogP contribution in [0.4, 0.5) is 0 Å². The van der Waals surface area contributed by atoms with E-state index in [0.717, 1.165) is 0 Å². The number of halogens is 1. The normalized spacial score (nSPS) is 11.7.